The van der Waals surface area contributed by atoms with E-state index in [1.807, 2.05) is 0 Å². The summed E-state index contributed by atoms with van der Waals surface area (Å²) in [5, 5.41) is 5.36. The maximum absolute atomic E-state index is 11.7. The second-order valence-corrected chi connectivity index (χ2v) is 7.19. The number of allylic oxidation sites excluding steroid dienone is 11. The highest BCUT2D eigenvalue weighted by Crippen LogP contribution is 1.99. The number of carbonyl (C=O) groups is 3. The van der Waals surface area contributed by atoms with Crippen molar-refractivity contribution in [2.24, 2.45) is 0 Å². The third kappa shape index (κ3) is 23.3. The second-order valence-electron chi connectivity index (χ2n) is 7.19. The molecule has 0 saturated carbocycles. The van der Waals surface area contributed by atoms with E-state index in [2.05, 4.69) is 78.3 Å². The summed E-state index contributed by atoms with van der Waals surface area (Å²) in [6.07, 6.45) is 31.1. The molecule has 0 rings (SSSR count). The molecular formula is C27H40N2O3. The van der Waals surface area contributed by atoms with Crippen molar-refractivity contribution in [3.63, 3.8) is 0 Å². The van der Waals surface area contributed by atoms with Crippen LogP contribution in [0.5, 0.6) is 0 Å². The Morgan fingerprint density at radius 3 is 1.69 bits per heavy atom. The van der Waals surface area contributed by atoms with Crippen molar-refractivity contribution in [3.05, 3.63) is 72.9 Å². The average molecular weight is 441 g/mol. The molecule has 2 N–H and O–H groups in total. The van der Waals surface area contributed by atoms with E-state index in [4.69, 9.17) is 0 Å². The molecule has 32 heavy (non-hydrogen) atoms. The summed E-state index contributed by atoms with van der Waals surface area (Å²) in [4.78, 5) is 33.8. The summed E-state index contributed by atoms with van der Waals surface area (Å²) in [5.41, 5.74) is 0. The Kier molecular flexibility index (Phi) is 20.6. The second kappa shape index (κ2) is 22.7. The van der Waals surface area contributed by atoms with Crippen molar-refractivity contribution in [1.82, 2.24) is 10.6 Å². The smallest absolute Gasteiger partial charge is 0.244 e. The van der Waals surface area contributed by atoms with E-state index in [1.165, 1.54) is 19.1 Å². The summed E-state index contributed by atoms with van der Waals surface area (Å²) in [5.74, 6) is -0.542. The molecule has 0 atom stereocenters. The zero-order chi connectivity index (χ0) is 23.7. The predicted molar refractivity (Wildman–Crippen MR) is 134 cm³/mol. The number of amides is 2. The highest BCUT2D eigenvalue weighted by molar-refractivity contribution is 5.96. The van der Waals surface area contributed by atoms with Gasteiger partial charge in [-0.05, 0) is 57.9 Å². The Hall–Kier alpha value is -2.95. The van der Waals surface area contributed by atoms with Crippen molar-refractivity contribution in [1.29, 1.82) is 0 Å². The van der Waals surface area contributed by atoms with E-state index in [0.29, 0.717) is 19.5 Å². The molecule has 0 radical (unpaired) electrons. The number of hydrogen-bond donors (Lipinski definition) is 2. The van der Waals surface area contributed by atoms with Gasteiger partial charge < -0.3 is 10.6 Å². The first-order valence-electron chi connectivity index (χ1n) is 11.5. The lowest BCUT2D eigenvalue weighted by Crippen LogP contribution is -2.33. The standard InChI is InChI=1S/C27H40N2O3/c1-3-4-5-6-7-8-9-10-11-12-13-14-15-16-17-18-19-20-26(31)28-23-24-29-27(32)22-21-25(2)30/h4-5,7-8,10-11,13-14,16-17,21-22H,3,6,9,12,15,18-20,23-24H2,1-2H3,(H,28,31)(H,29,32)/b5-4-,8-7-,11-10-,14-13-,17-16-,22-21+. The third-order valence-corrected chi connectivity index (χ3v) is 4.15. The fourth-order valence-corrected chi connectivity index (χ4v) is 2.48. The molecular weight excluding hydrogens is 400 g/mol. The van der Waals surface area contributed by atoms with Crippen LogP contribution in [0.2, 0.25) is 0 Å². The van der Waals surface area contributed by atoms with Crippen LogP contribution in [-0.2, 0) is 14.4 Å². The monoisotopic (exact) mass is 440 g/mol. The molecule has 0 heterocycles. The van der Waals surface area contributed by atoms with Gasteiger partial charge in [-0.2, -0.15) is 0 Å². The Morgan fingerprint density at radius 1 is 0.656 bits per heavy atom. The number of nitrogens with one attached hydrogen (secondary N) is 2. The van der Waals surface area contributed by atoms with Gasteiger partial charge in [0, 0.05) is 25.6 Å². The molecule has 0 aromatic rings. The number of ketones is 1. The highest BCUT2D eigenvalue weighted by Gasteiger charge is 2.00. The van der Waals surface area contributed by atoms with Gasteiger partial charge in [0.1, 0.15) is 0 Å². The maximum atomic E-state index is 11.7. The first kappa shape index (κ1) is 29.1. The molecule has 0 aliphatic carbocycles. The molecule has 0 spiro atoms. The van der Waals surface area contributed by atoms with Gasteiger partial charge in [-0.1, -0.05) is 67.7 Å². The molecule has 0 aromatic carbocycles. The van der Waals surface area contributed by atoms with Gasteiger partial charge in [-0.25, -0.2) is 0 Å². The Bertz CT molecular complexity index is 698. The van der Waals surface area contributed by atoms with Crippen LogP contribution in [0, 0.1) is 0 Å². The molecule has 0 fully saturated rings. The SMILES string of the molecule is CC/C=C\C/C=C\C/C=C\C/C=C\C/C=C\CCCC(=O)NCCNC(=O)/C=C/C(C)=O. The van der Waals surface area contributed by atoms with Crippen molar-refractivity contribution >= 4 is 17.6 Å². The topological polar surface area (TPSA) is 75.3 Å². The quantitative estimate of drug-likeness (QED) is 0.173. The molecule has 5 heteroatoms. The fraction of sp³-hybridized carbons (Fsp3) is 0.444. The molecule has 0 aliphatic rings. The van der Waals surface area contributed by atoms with Crippen LogP contribution in [0.1, 0.15) is 65.2 Å². The first-order valence-corrected chi connectivity index (χ1v) is 11.5. The minimum Gasteiger partial charge on any atom is -0.354 e. The summed E-state index contributed by atoms with van der Waals surface area (Å²) < 4.78 is 0. The lowest BCUT2D eigenvalue weighted by atomic mass is 10.2. The normalized spacial score (nSPS) is 12.3. The van der Waals surface area contributed by atoms with E-state index in [-0.39, 0.29) is 17.6 Å². The van der Waals surface area contributed by atoms with Crippen LogP contribution in [-0.4, -0.2) is 30.7 Å². The lowest BCUT2D eigenvalue weighted by molar-refractivity contribution is -0.121. The molecule has 0 bridgehead atoms. The van der Waals surface area contributed by atoms with Crippen LogP contribution >= 0.6 is 0 Å². The fourth-order valence-electron chi connectivity index (χ4n) is 2.48. The van der Waals surface area contributed by atoms with E-state index < -0.39 is 0 Å². The minimum atomic E-state index is -0.340. The van der Waals surface area contributed by atoms with E-state index in [1.54, 1.807) is 0 Å². The van der Waals surface area contributed by atoms with Gasteiger partial charge in [0.15, 0.2) is 5.78 Å². The zero-order valence-electron chi connectivity index (χ0n) is 19.7. The van der Waals surface area contributed by atoms with Crippen molar-refractivity contribution in [2.75, 3.05) is 13.1 Å². The summed E-state index contributed by atoms with van der Waals surface area (Å²) in [6.45, 7) is 4.23. The molecule has 0 saturated heterocycles. The third-order valence-electron chi connectivity index (χ3n) is 4.15. The number of carbonyl (C=O) groups excluding carboxylic acids is 3. The predicted octanol–water partition coefficient (Wildman–Crippen LogP) is 5.29. The van der Waals surface area contributed by atoms with E-state index in [9.17, 15) is 14.4 Å². The summed E-state index contributed by atoms with van der Waals surface area (Å²) in [7, 11) is 0. The van der Waals surface area contributed by atoms with Gasteiger partial charge in [0.05, 0.1) is 0 Å². The van der Waals surface area contributed by atoms with Gasteiger partial charge in [-0.15, -0.1) is 0 Å². The Labute approximate surface area is 194 Å². The van der Waals surface area contributed by atoms with Crippen LogP contribution in [0.4, 0.5) is 0 Å². The van der Waals surface area contributed by atoms with Gasteiger partial charge >= 0.3 is 0 Å². The molecule has 176 valence electrons. The Morgan fingerprint density at radius 2 is 1.16 bits per heavy atom. The van der Waals surface area contributed by atoms with Gasteiger partial charge in [-0.3, -0.25) is 14.4 Å². The van der Waals surface area contributed by atoms with Crippen LogP contribution in [0.15, 0.2) is 72.9 Å². The van der Waals surface area contributed by atoms with Gasteiger partial charge in [0.2, 0.25) is 11.8 Å². The van der Waals surface area contributed by atoms with Crippen molar-refractivity contribution < 1.29 is 14.4 Å². The van der Waals surface area contributed by atoms with Crippen molar-refractivity contribution in [2.45, 2.75) is 65.2 Å². The van der Waals surface area contributed by atoms with Crippen LogP contribution < -0.4 is 10.6 Å². The maximum Gasteiger partial charge on any atom is 0.244 e. The Balaban J connectivity index is 3.60. The number of unbranched alkanes of at least 4 members (excludes halogenated alkanes) is 1. The van der Waals surface area contributed by atoms with E-state index in [0.717, 1.165) is 44.9 Å². The van der Waals surface area contributed by atoms with E-state index >= 15 is 0 Å². The summed E-state index contributed by atoms with van der Waals surface area (Å²) in [6, 6.07) is 0. The molecule has 0 aliphatic heterocycles. The van der Waals surface area contributed by atoms with Crippen LogP contribution in [0.3, 0.4) is 0 Å². The minimum absolute atomic E-state index is 0.0223. The summed E-state index contributed by atoms with van der Waals surface area (Å²) >= 11 is 0. The first-order chi connectivity index (χ1) is 15.6. The largest absolute Gasteiger partial charge is 0.354 e. The molecule has 5 nitrogen and oxygen atoms in total. The molecule has 0 aromatic heterocycles. The molecule has 2 amide bonds. The average Bonchev–Trinajstić information content (AvgIpc) is 2.77. The highest BCUT2D eigenvalue weighted by atomic mass is 16.2. The zero-order valence-corrected chi connectivity index (χ0v) is 19.7. The van der Waals surface area contributed by atoms with Gasteiger partial charge in [0.25, 0.3) is 0 Å². The van der Waals surface area contributed by atoms with Crippen molar-refractivity contribution in [3.8, 4) is 0 Å². The number of rotatable bonds is 18. The number of hydrogen-bond acceptors (Lipinski definition) is 3. The lowest BCUT2D eigenvalue weighted by Gasteiger charge is -2.05. The van der Waals surface area contributed by atoms with Crippen LogP contribution in [0.25, 0.3) is 0 Å². The molecule has 0 unspecified atom stereocenters.